The molecule has 0 saturated carbocycles. The summed E-state index contributed by atoms with van der Waals surface area (Å²) in [6.45, 7) is 4.85. The van der Waals surface area contributed by atoms with Gasteiger partial charge in [-0.2, -0.15) is 5.10 Å². The zero-order valence-electron chi connectivity index (χ0n) is 8.81. The summed E-state index contributed by atoms with van der Waals surface area (Å²) in [4.78, 5) is 0. The van der Waals surface area contributed by atoms with Gasteiger partial charge in [0, 0.05) is 18.3 Å². The summed E-state index contributed by atoms with van der Waals surface area (Å²) >= 11 is 0. The summed E-state index contributed by atoms with van der Waals surface area (Å²) in [6, 6.07) is 3.59. The molecule has 0 bridgehead atoms. The van der Waals surface area contributed by atoms with Crippen molar-refractivity contribution in [3.63, 3.8) is 0 Å². The second-order valence-corrected chi connectivity index (χ2v) is 3.33. The smallest absolute Gasteiger partial charge is 0.146 e. The SMILES string of the molecule is CCn1cc(-c2ccc(N)nn2)c(C)n1. The van der Waals surface area contributed by atoms with E-state index in [2.05, 4.69) is 15.3 Å². The van der Waals surface area contributed by atoms with Crippen LogP contribution in [-0.4, -0.2) is 20.0 Å². The molecule has 0 amide bonds. The maximum absolute atomic E-state index is 5.48. The van der Waals surface area contributed by atoms with E-state index >= 15 is 0 Å². The van der Waals surface area contributed by atoms with Gasteiger partial charge in [0.2, 0.25) is 0 Å². The minimum absolute atomic E-state index is 0.430. The number of rotatable bonds is 2. The third-order valence-corrected chi connectivity index (χ3v) is 2.23. The van der Waals surface area contributed by atoms with Gasteiger partial charge in [-0.3, -0.25) is 4.68 Å². The molecule has 2 aromatic heterocycles. The van der Waals surface area contributed by atoms with E-state index in [0.717, 1.165) is 23.5 Å². The fourth-order valence-corrected chi connectivity index (χ4v) is 1.42. The van der Waals surface area contributed by atoms with Gasteiger partial charge >= 0.3 is 0 Å². The van der Waals surface area contributed by atoms with Crippen LogP contribution in [0, 0.1) is 6.92 Å². The standard InChI is InChI=1S/C10H13N5/c1-3-15-6-8(7(2)14-15)9-4-5-10(11)13-12-9/h4-6H,3H2,1-2H3,(H2,11,13). The Bertz CT molecular complexity index is 457. The van der Waals surface area contributed by atoms with Crippen molar-refractivity contribution >= 4 is 5.82 Å². The fourth-order valence-electron chi connectivity index (χ4n) is 1.42. The predicted molar refractivity (Wildman–Crippen MR) is 58.1 cm³/mol. The first-order valence-corrected chi connectivity index (χ1v) is 4.84. The molecule has 0 fully saturated rings. The molecule has 0 aromatic carbocycles. The van der Waals surface area contributed by atoms with Crippen LogP contribution in [0.25, 0.3) is 11.3 Å². The Kier molecular flexibility index (Phi) is 2.37. The first-order chi connectivity index (χ1) is 7.20. The average molecular weight is 203 g/mol. The van der Waals surface area contributed by atoms with Gasteiger partial charge in [-0.05, 0) is 26.0 Å². The summed E-state index contributed by atoms with van der Waals surface area (Å²) in [7, 11) is 0. The van der Waals surface area contributed by atoms with Crippen LogP contribution in [0.1, 0.15) is 12.6 Å². The van der Waals surface area contributed by atoms with Crippen LogP contribution < -0.4 is 5.73 Å². The van der Waals surface area contributed by atoms with Crippen molar-refractivity contribution in [3.05, 3.63) is 24.0 Å². The molecule has 78 valence electrons. The highest BCUT2D eigenvalue weighted by molar-refractivity contribution is 5.60. The van der Waals surface area contributed by atoms with Gasteiger partial charge in [0.25, 0.3) is 0 Å². The minimum Gasteiger partial charge on any atom is -0.382 e. The van der Waals surface area contributed by atoms with E-state index in [4.69, 9.17) is 5.73 Å². The largest absolute Gasteiger partial charge is 0.382 e. The Morgan fingerprint density at radius 1 is 1.33 bits per heavy atom. The van der Waals surface area contributed by atoms with Crippen LogP contribution in [0.2, 0.25) is 0 Å². The van der Waals surface area contributed by atoms with Crippen LogP contribution in [0.3, 0.4) is 0 Å². The highest BCUT2D eigenvalue weighted by atomic mass is 15.3. The number of aryl methyl sites for hydroxylation is 2. The highest BCUT2D eigenvalue weighted by Gasteiger charge is 2.07. The molecule has 5 nitrogen and oxygen atoms in total. The molecule has 0 atom stereocenters. The number of hydrogen-bond donors (Lipinski definition) is 1. The third-order valence-electron chi connectivity index (χ3n) is 2.23. The molecule has 0 spiro atoms. The van der Waals surface area contributed by atoms with E-state index in [0.29, 0.717) is 5.82 Å². The summed E-state index contributed by atoms with van der Waals surface area (Å²) < 4.78 is 1.88. The molecule has 0 aliphatic carbocycles. The van der Waals surface area contributed by atoms with Gasteiger partial charge in [-0.1, -0.05) is 0 Å². The number of anilines is 1. The Morgan fingerprint density at radius 2 is 2.13 bits per heavy atom. The molecule has 0 aliphatic heterocycles. The zero-order chi connectivity index (χ0) is 10.8. The summed E-state index contributed by atoms with van der Waals surface area (Å²) in [5.74, 6) is 0.430. The van der Waals surface area contributed by atoms with Crippen molar-refractivity contribution < 1.29 is 0 Å². The molecular formula is C10H13N5. The van der Waals surface area contributed by atoms with Crippen molar-refractivity contribution in [2.75, 3.05) is 5.73 Å². The highest BCUT2D eigenvalue weighted by Crippen LogP contribution is 2.19. The molecule has 2 heterocycles. The van der Waals surface area contributed by atoms with E-state index in [9.17, 15) is 0 Å². The lowest BCUT2D eigenvalue weighted by Crippen LogP contribution is -1.94. The Balaban J connectivity index is 2.44. The van der Waals surface area contributed by atoms with Gasteiger partial charge in [0.15, 0.2) is 0 Å². The maximum Gasteiger partial charge on any atom is 0.146 e. The van der Waals surface area contributed by atoms with Crippen LogP contribution in [0.4, 0.5) is 5.82 Å². The van der Waals surface area contributed by atoms with Gasteiger partial charge in [0.05, 0.1) is 11.4 Å². The molecule has 0 saturated heterocycles. The first-order valence-electron chi connectivity index (χ1n) is 4.84. The first kappa shape index (κ1) is 9.64. The van der Waals surface area contributed by atoms with Crippen molar-refractivity contribution in [2.24, 2.45) is 0 Å². The second kappa shape index (κ2) is 3.68. The summed E-state index contributed by atoms with van der Waals surface area (Å²) in [5, 5.41) is 12.2. The average Bonchev–Trinajstić information content (AvgIpc) is 2.61. The molecule has 5 heteroatoms. The van der Waals surface area contributed by atoms with E-state index < -0.39 is 0 Å². The zero-order valence-corrected chi connectivity index (χ0v) is 8.81. The van der Waals surface area contributed by atoms with Crippen molar-refractivity contribution in [3.8, 4) is 11.3 Å². The monoisotopic (exact) mass is 203 g/mol. The Morgan fingerprint density at radius 3 is 2.67 bits per heavy atom. The summed E-state index contributed by atoms with van der Waals surface area (Å²) in [5.41, 5.74) is 8.25. The van der Waals surface area contributed by atoms with Gasteiger partial charge in [0.1, 0.15) is 5.82 Å². The van der Waals surface area contributed by atoms with Gasteiger partial charge in [-0.15, -0.1) is 10.2 Å². The van der Waals surface area contributed by atoms with Crippen molar-refractivity contribution in [2.45, 2.75) is 20.4 Å². The molecule has 15 heavy (non-hydrogen) atoms. The topological polar surface area (TPSA) is 69.6 Å². The van der Waals surface area contributed by atoms with Crippen LogP contribution >= 0.6 is 0 Å². The van der Waals surface area contributed by atoms with Crippen LogP contribution in [0.15, 0.2) is 18.3 Å². The van der Waals surface area contributed by atoms with Crippen molar-refractivity contribution in [1.29, 1.82) is 0 Å². The third kappa shape index (κ3) is 1.81. The molecule has 0 radical (unpaired) electrons. The Labute approximate surface area is 87.9 Å². The number of nitrogens with two attached hydrogens (primary N) is 1. The normalized spacial score (nSPS) is 10.5. The summed E-state index contributed by atoms with van der Waals surface area (Å²) in [6.07, 6.45) is 1.97. The van der Waals surface area contributed by atoms with E-state index in [-0.39, 0.29) is 0 Å². The Hall–Kier alpha value is -1.91. The fraction of sp³-hybridized carbons (Fsp3) is 0.300. The number of nitrogens with zero attached hydrogens (tertiary/aromatic N) is 4. The lowest BCUT2D eigenvalue weighted by Gasteiger charge is -1.96. The van der Waals surface area contributed by atoms with Gasteiger partial charge < -0.3 is 5.73 Å². The maximum atomic E-state index is 5.48. The second-order valence-electron chi connectivity index (χ2n) is 3.33. The van der Waals surface area contributed by atoms with Crippen LogP contribution in [-0.2, 0) is 6.54 Å². The molecule has 2 rings (SSSR count). The molecular weight excluding hydrogens is 190 g/mol. The molecule has 0 aliphatic rings. The quantitative estimate of drug-likeness (QED) is 0.797. The van der Waals surface area contributed by atoms with E-state index in [1.807, 2.05) is 30.8 Å². The number of nitrogen functional groups attached to an aromatic ring is 1. The van der Waals surface area contributed by atoms with E-state index in [1.165, 1.54) is 0 Å². The molecule has 0 unspecified atom stereocenters. The lowest BCUT2D eigenvalue weighted by molar-refractivity contribution is 0.653. The lowest BCUT2D eigenvalue weighted by atomic mass is 10.2. The molecule has 2 N–H and O–H groups in total. The predicted octanol–water partition coefficient (Wildman–Crippen LogP) is 1.25. The van der Waals surface area contributed by atoms with Crippen LogP contribution in [0.5, 0.6) is 0 Å². The van der Waals surface area contributed by atoms with Gasteiger partial charge in [-0.25, -0.2) is 0 Å². The number of aromatic nitrogens is 4. The minimum atomic E-state index is 0.430. The molecule has 2 aromatic rings. The number of hydrogen-bond acceptors (Lipinski definition) is 4. The van der Waals surface area contributed by atoms with Crippen molar-refractivity contribution in [1.82, 2.24) is 20.0 Å². The van der Waals surface area contributed by atoms with E-state index in [1.54, 1.807) is 6.07 Å².